The van der Waals surface area contributed by atoms with Crippen molar-refractivity contribution >= 4 is 5.91 Å². The van der Waals surface area contributed by atoms with E-state index in [1.807, 2.05) is 32.0 Å². The second kappa shape index (κ2) is 8.34. The average molecular weight is 331 g/mol. The van der Waals surface area contributed by atoms with Crippen molar-refractivity contribution in [3.8, 4) is 11.5 Å². The molecule has 2 aromatic rings. The predicted octanol–water partition coefficient (Wildman–Crippen LogP) is 3.41. The maximum absolute atomic E-state index is 12.8. The van der Waals surface area contributed by atoms with E-state index in [1.54, 1.807) is 6.92 Å². The van der Waals surface area contributed by atoms with E-state index in [0.717, 1.165) is 11.3 Å². The molecular formula is C19H22FNO3. The fourth-order valence-corrected chi connectivity index (χ4v) is 2.21. The Balaban J connectivity index is 1.73. The van der Waals surface area contributed by atoms with Crippen LogP contribution < -0.4 is 14.8 Å². The standard InChI is InChI=1S/C19H22FNO3/c1-13-4-9-18(14(2)12-13)23-11-10-21-19(22)15(3)24-17-7-5-16(20)6-8-17/h4-9,12,15H,10-11H2,1-3H3,(H,21,22). The highest BCUT2D eigenvalue weighted by molar-refractivity contribution is 5.80. The molecule has 1 atom stereocenters. The van der Waals surface area contributed by atoms with Gasteiger partial charge in [-0.05, 0) is 56.7 Å². The predicted molar refractivity (Wildman–Crippen MR) is 90.9 cm³/mol. The van der Waals surface area contributed by atoms with E-state index in [4.69, 9.17) is 9.47 Å². The summed E-state index contributed by atoms with van der Waals surface area (Å²) in [5.74, 6) is 0.669. The van der Waals surface area contributed by atoms with E-state index in [-0.39, 0.29) is 11.7 Å². The van der Waals surface area contributed by atoms with E-state index < -0.39 is 6.10 Å². The van der Waals surface area contributed by atoms with Crippen molar-refractivity contribution in [2.24, 2.45) is 0 Å². The minimum Gasteiger partial charge on any atom is -0.491 e. The highest BCUT2D eigenvalue weighted by Gasteiger charge is 2.14. The number of halogens is 1. The minimum absolute atomic E-state index is 0.247. The van der Waals surface area contributed by atoms with Crippen LogP contribution in [0, 0.1) is 19.7 Å². The summed E-state index contributed by atoms with van der Waals surface area (Å²) in [6, 6.07) is 11.5. The number of rotatable bonds is 7. The Hall–Kier alpha value is -2.56. The van der Waals surface area contributed by atoms with Gasteiger partial charge in [-0.2, -0.15) is 0 Å². The Morgan fingerprint density at radius 1 is 1.17 bits per heavy atom. The third-order valence-corrected chi connectivity index (χ3v) is 3.49. The second-order valence-corrected chi connectivity index (χ2v) is 5.62. The van der Waals surface area contributed by atoms with E-state index in [0.29, 0.717) is 18.9 Å². The minimum atomic E-state index is -0.670. The molecule has 0 spiro atoms. The van der Waals surface area contributed by atoms with Gasteiger partial charge in [0.05, 0.1) is 6.54 Å². The zero-order chi connectivity index (χ0) is 17.5. The molecule has 4 nitrogen and oxygen atoms in total. The van der Waals surface area contributed by atoms with Gasteiger partial charge in [0.1, 0.15) is 23.9 Å². The molecule has 1 amide bonds. The summed E-state index contributed by atoms with van der Waals surface area (Å²) >= 11 is 0. The van der Waals surface area contributed by atoms with Crippen LogP contribution in [0.4, 0.5) is 4.39 Å². The molecule has 24 heavy (non-hydrogen) atoms. The van der Waals surface area contributed by atoms with Crippen molar-refractivity contribution in [2.45, 2.75) is 26.9 Å². The summed E-state index contributed by atoms with van der Waals surface area (Å²) in [5.41, 5.74) is 2.24. The summed E-state index contributed by atoms with van der Waals surface area (Å²) in [5, 5.41) is 2.75. The molecule has 0 radical (unpaired) electrons. The Bertz CT molecular complexity index is 686. The fourth-order valence-electron chi connectivity index (χ4n) is 2.21. The second-order valence-electron chi connectivity index (χ2n) is 5.62. The zero-order valence-electron chi connectivity index (χ0n) is 14.1. The summed E-state index contributed by atoms with van der Waals surface area (Å²) < 4.78 is 23.9. The maximum atomic E-state index is 12.8. The van der Waals surface area contributed by atoms with Gasteiger partial charge in [0, 0.05) is 0 Å². The highest BCUT2D eigenvalue weighted by atomic mass is 19.1. The molecule has 1 N–H and O–H groups in total. The lowest BCUT2D eigenvalue weighted by Gasteiger charge is -2.15. The van der Waals surface area contributed by atoms with Crippen LogP contribution in [0.15, 0.2) is 42.5 Å². The van der Waals surface area contributed by atoms with Crippen LogP contribution in [0.2, 0.25) is 0 Å². The molecule has 0 aliphatic carbocycles. The Morgan fingerprint density at radius 2 is 1.88 bits per heavy atom. The number of hydrogen-bond donors (Lipinski definition) is 1. The Labute approximate surface area is 141 Å². The van der Waals surface area contributed by atoms with E-state index in [9.17, 15) is 9.18 Å². The zero-order valence-corrected chi connectivity index (χ0v) is 14.1. The van der Waals surface area contributed by atoms with Crippen LogP contribution in [-0.4, -0.2) is 25.2 Å². The van der Waals surface area contributed by atoms with Gasteiger partial charge < -0.3 is 14.8 Å². The summed E-state index contributed by atoms with van der Waals surface area (Å²) in [4.78, 5) is 12.0. The molecule has 0 saturated carbocycles. The molecule has 0 aromatic heterocycles. The van der Waals surface area contributed by atoms with Gasteiger partial charge in [-0.1, -0.05) is 17.7 Å². The lowest BCUT2D eigenvalue weighted by molar-refractivity contribution is -0.127. The number of benzene rings is 2. The number of hydrogen-bond acceptors (Lipinski definition) is 3. The summed E-state index contributed by atoms with van der Waals surface area (Å²) in [6.07, 6.45) is -0.670. The first kappa shape index (κ1) is 17.8. The normalized spacial score (nSPS) is 11.7. The van der Waals surface area contributed by atoms with Gasteiger partial charge >= 0.3 is 0 Å². The molecule has 5 heteroatoms. The Morgan fingerprint density at radius 3 is 2.54 bits per heavy atom. The van der Waals surface area contributed by atoms with E-state index >= 15 is 0 Å². The quantitative estimate of drug-likeness (QED) is 0.791. The van der Waals surface area contributed by atoms with Crippen LogP contribution >= 0.6 is 0 Å². The van der Waals surface area contributed by atoms with Crippen LogP contribution in [0.25, 0.3) is 0 Å². The SMILES string of the molecule is Cc1ccc(OCCNC(=O)C(C)Oc2ccc(F)cc2)c(C)c1. The van der Waals surface area contributed by atoms with Crippen LogP contribution in [0.3, 0.4) is 0 Å². The first-order chi connectivity index (χ1) is 11.5. The first-order valence-electron chi connectivity index (χ1n) is 7.85. The molecule has 0 heterocycles. The molecule has 0 aliphatic heterocycles. The van der Waals surface area contributed by atoms with Crippen LogP contribution in [0.5, 0.6) is 11.5 Å². The summed E-state index contributed by atoms with van der Waals surface area (Å²) in [6.45, 7) is 6.41. The highest BCUT2D eigenvalue weighted by Crippen LogP contribution is 2.18. The van der Waals surface area contributed by atoms with Gasteiger partial charge in [-0.3, -0.25) is 4.79 Å². The fraction of sp³-hybridized carbons (Fsp3) is 0.316. The van der Waals surface area contributed by atoms with Crippen molar-refractivity contribution in [3.05, 3.63) is 59.4 Å². The van der Waals surface area contributed by atoms with Crippen LogP contribution in [-0.2, 0) is 4.79 Å². The van der Waals surface area contributed by atoms with E-state index in [2.05, 4.69) is 5.32 Å². The van der Waals surface area contributed by atoms with Crippen molar-refractivity contribution in [2.75, 3.05) is 13.2 Å². The molecular weight excluding hydrogens is 309 g/mol. The monoisotopic (exact) mass is 331 g/mol. The molecule has 0 fully saturated rings. The van der Waals surface area contributed by atoms with Crippen molar-refractivity contribution in [1.29, 1.82) is 0 Å². The van der Waals surface area contributed by atoms with Gasteiger partial charge in [-0.15, -0.1) is 0 Å². The molecule has 128 valence electrons. The molecule has 0 aliphatic rings. The van der Waals surface area contributed by atoms with E-state index in [1.165, 1.54) is 29.8 Å². The number of carbonyl (C=O) groups excluding carboxylic acids is 1. The average Bonchev–Trinajstić information content (AvgIpc) is 2.55. The van der Waals surface area contributed by atoms with Gasteiger partial charge in [0.15, 0.2) is 6.10 Å². The molecule has 2 rings (SSSR count). The van der Waals surface area contributed by atoms with Gasteiger partial charge in [-0.25, -0.2) is 4.39 Å². The topological polar surface area (TPSA) is 47.6 Å². The van der Waals surface area contributed by atoms with Crippen molar-refractivity contribution < 1.29 is 18.7 Å². The first-order valence-corrected chi connectivity index (χ1v) is 7.85. The maximum Gasteiger partial charge on any atom is 0.260 e. The van der Waals surface area contributed by atoms with Gasteiger partial charge in [0.2, 0.25) is 0 Å². The summed E-state index contributed by atoms with van der Waals surface area (Å²) in [7, 11) is 0. The lowest BCUT2D eigenvalue weighted by Crippen LogP contribution is -2.38. The molecule has 0 bridgehead atoms. The number of nitrogens with one attached hydrogen (secondary N) is 1. The molecule has 1 unspecified atom stereocenters. The number of carbonyl (C=O) groups is 1. The molecule has 0 saturated heterocycles. The lowest BCUT2D eigenvalue weighted by atomic mass is 10.1. The number of aryl methyl sites for hydroxylation is 2. The third kappa shape index (κ3) is 5.26. The van der Waals surface area contributed by atoms with Gasteiger partial charge in [0.25, 0.3) is 5.91 Å². The largest absolute Gasteiger partial charge is 0.491 e. The van der Waals surface area contributed by atoms with Crippen molar-refractivity contribution in [1.82, 2.24) is 5.32 Å². The number of amides is 1. The Kier molecular flexibility index (Phi) is 6.18. The van der Waals surface area contributed by atoms with Crippen molar-refractivity contribution in [3.63, 3.8) is 0 Å². The number of ether oxygens (including phenoxy) is 2. The third-order valence-electron chi connectivity index (χ3n) is 3.49. The van der Waals surface area contributed by atoms with Crippen LogP contribution in [0.1, 0.15) is 18.1 Å². The smallest absolute Gasteiger partial charge is 0.260 e. The molecule has 2 aromatic carbocycles.